The molecule has 0 saturated heterocycles. The van der Waals surface area contributed by atoms with E-state index in [2.05, 4.69) is 68.1 Å². The van der Waals surface area contributed by atoms with E-state index in [1.807, 2.05) is 18.2 Å². The van der Waals surface area contributed by atoms with Crippen molar-refractivity contribution in [3.05, 3.63) is 56.1 Å². The van der Waals surface area contributed by atoms with Crippen LogP contribution < -0.4 is 10.1 Å². The van der Waals surface area contributed by atoms with Crippen LogP contribution in [0.25, 0.3) is 0 Å². The Morgan fingerprint density at radius 1 is 1.17 bits per heavy atom. The van der Waals surface area contributed by atoms with E-state index in [-0.39, 0.29) is 0 Å². The normalized spacial score (nSPS) is 10.2. The van der Waals surface area contributed by atoms with Gasteiger partial charge in [0.15, 0.2) is 0 Å². The minimum atomic E-state index is 0.815. The molecule has 94 valence electrons. The molecule has 4 heteroatoms. The summed E-state index contributed by atoms with van der Waals surface area (Å²) in [7, 11) is 1.67. The average Bonchev–Trinajstić information content (AvgIpc) is 2.38. The van der Waals surface area contributed by atoms with Crippen LogP contribution >= 0.6 is 38.5 Å². The van der Waals surface area contributed by atoms with Crippen LogP contribution in [0.2, 0.25) is 0 Å². The molecule has 0 atom stereocenters. The lowest BCUT2D eigenvalue weighted by molar-refractivity contribution is 0.412. The molecule has 0 aromatic heterocycles. The second-order valence-electron chi connectivity index (χ2n) is 3.83. The van der Waals surface area contributed by atoms with Crippen LogP contribution in [0.5, 0.6) is 5.75 Å². The van der Waals surface area contributed by atoms with E-state index in [1.165, 1.54) is 9.13 Å². The molecule has 0 bridgehead atoms. The smallest absolute Gasteiger partial charge is 0.133 e. The average molecular weight is 418 g/mol. The third-order valence-electron chi connectivity index (χ3n) is 2.56. The van der Waals surface area contributed by atoms with Gasteiger partial charge in [-0.2, -0.15) is 0 Å². The van der Waals surface area contributed by atoms with Gasteiger partial charge in [0.25, 0.3) is 0 Å². The van der Waals surface area contributed by atoms with Gasteiger partial charge in [-0.05, 0) is 74.4 Å². The number of methoxy groups -OCH3 is 1. The van der Waals surface area contributed by atoms with Gasteiger partial charge in [0.1, 0.15) is 5.75 Å². The third-order valence-corrected chi connectivity index (χ3v) is 3.90. The van der Waals surface area contributed by atoms with Gasteiger partial charge in [-0.15, -0.1) is 0 Å². The van der Waals surface area contributed by atoms with Gasteiger partial charge in [-0.25, -0.2) is 0 Å². The first-order valence-corrected chi connectivity index (χ1v) is 7.38. The van der Waals surface area contributed by atoms with E-state index < -0.39 is 0 Å². The summed E-state index contributed by atoms with van der Waals surface area (Å²) < 4.78 is 7.41. The number of anilines is 1. The van der Waals surface area contributed by atoms with Crippen molar-refractivity contribution in [3.63, 3.8) is 0 Å². The Hall–Kier alpha value is -0.750. The molecule has 0 heterocycles. The Balaban J connectivity index is 2.02. The maximum Gasteiger partial charge on any atom is 0.133 e. The van der Waals surface area contributed by atoms with E-state index in [1.54, 1.807) is 7.11 Å². The minimum Gasteiger partial charge on any atom is -0.496 e. The molecule has 0 radical (unpaired) electrons. The highest BCUT2D eigenvalue weighted by atomic mass is 127. The molecular formula is C14H13BrINO. The van der Waals surface area contributed by atoms with E-state index >= 15 is 0 Å². The Morgan fingerprint density at radius 2 is 1.89 bits per heavy atom. The number of nitrogens with one attached hydrogen (secondary N) is 1. The monoisotopic (exact) mass is 417 g/mol. The molecule has 18 heavy (non-hydrogen) atoms. The van der Waals surface area contributed by atoms with Crippen molar-refractivity contribution >= 4 is 44.2 Å². The molecule has 0 aliphatic heterocycles. The molecule has 2 nitrogen and oxygen atoms in total. The molecule has 2 aromatic carbocycles. The summed E-state index contributed by atoms with van der Waals surface area (Å²) in [6.07, 6.45) is 0. The first kappa shape index (κ1) is 13.7. The van der Waals surface area contributed by atoms with Gasteiger partial charge in [0, 0.05) is 15.8 Å². The van der Waals surface area contributed by atoms with Gasteiger partial charge < -0.3 is 10.1 Å². The maximum atomic E-state index is 5.20. The lowest BCUT2D eigenvalue weighted by Crippen LogP contribution is -1.99. The van der Waals surface area contributed by atoms with Gasteiger partial charge in [-0.3, -0.25) is 0 Å². The summed E-state index contributed by atoms with van der Waals surface area (Å²) in [4.78, 5) is 0. The second kappa shape index (κ2) is 6.43. The van der Waals surface area contributed by atoms with Crippen molar-refractivity contribution in [1.82, 2.24) is 0 Å². The minimum absolute atomic E-state index is 0.815. The molecule has 0 aliphatic carbocycles. The number of benzene rings is 2. The standard InChI is InChI=1S/C14H13BrINO/c1-18-14-7-6-12(8-13(14)15)17-9-10-2-4-11(16)5-3-10/h2-8,17H,9H2,1H3. The highest BCUT2D eigenvalue weighted by molar-refractivity contribution is 14.1. The Bertz CT molecular complexity index is 528. The summed E-state index contributed by atoms with van der Waals surface area (Å²) >= 11 is 5.79. The van der Waals surface area contributed by atoms with Crippen LogP contribution in [0.3, 0.4) is 0 Å². The van der Waals surface area contributed by atoms with Gasteiger partial charge >= 0.3 is 0 Å². The van der Waals surface area contributed by atoms with Crippen LogP contribution in [0.4, 0.5) is 5.69 Å². The van der Waals surface area contributed by atoms with Crippen molar-refractivity contribution in [3.8, 4) is 5.75 Å². The number of hydrogen-bond donors (Lipinski definition) is 1. The molecule has 0 aliphatic rings. The molecule has 1 N–H and O–H groups in total. The van der Waals surface area contributed by atoms with E-state index in [0.29, 0.717) is 0 Å². The van der Waals surface area contributed by atoms with Crippen LogP contribution in [0, 0.1) is 3.57 Å². The van der Waals surface area contributed by atoms with Crippen molar-refractivity contribution in [2.45, 2.75) is 6.54 Å². The molecule has 0 fully saturated rings. The molecule has 0 unspecified atom stereocenters. The first-order valence-electron chi connectivity index (χ1n) is 5.51. The van der Waals surface area contributed by atoms with Crippen molar-refractivity contribution in [1.29, 1.82) is 0 Å². The largest absolute Gasteiger partial charge is 0.496 e. The van der Waals surface area contributed by atoms with Crippen LogP contribution in [-0.4, -0.2) is 7.11 Å². The zero-order valence-corrected chi connectivity index (χ0v) is 13.7. The molecule has 0 spiro atoms. The van der Waals surface area contributed by atoms with Crippen LogP contribution in [-0.2, 0) is 6.54 Å². The summed E-state index contributed by atoms with van der Waals surface area (Å²) in [6.45, 7) is 0.815. The van der Waals surface area contributed by atoms with Gasteiger partial charge in [0.05, 0.1) is 11.6 Å². The summed E-state index contributed by atoms with van der Waals surface area (Å²) in [5.41, 5.74) is 2.34. The zero-order valence-electron chi connectivity index (χ0n) is 9.91. The maximum absolute atomic E-state index is 5.20. The zero-order chi connectivity index (χ0) is 13.0. The quantitative estimate of drug-likeness (QED) is 0.729. The molecule has 0 saturated carbocycles. The Labute approximate surface area is 129 Å². The summed E-state index contributed by atoms with van der Waals surface area (Å²) in [5, 5.41) is 3.38. The van der Waals surface area contributed by atoms with Crippen LogP contribution in [0.15, 0.2) is 46.9 Å². The Morgan fingerprint density at radius 3 is 2.50 bits per heavy atom. The second-order valence-corrected chi connectivity index (χ2v) is 5.93. The fraction of sp³-hybridized carbons (Fsp3) is 0.143. The molecule has 2 aromatic rings. The van der Waals surface area contributed by atoms with Gasteiger partial charge in [0.2, 0.25) is 0 Å². The third kappa shape index (κ3) is 3.62. The summed E-state index contributed by atoms with van der Waals surface area (Å²) in [6, 6.07) is 14.5. The van der Waals surface area contributed by atoms with E-state index in [4.69, 9.17) is 4.74 Å². The topological polar surface area (TPSA) is 21.3 Å². The fourth-order valence-electron chi connectivity index (χ4n) is 1.58. The molecule has 2 rings (SSSR count). The first-order chi connectivity index (χ1) is 8.69. The molecule has 0 amide bonds. The highest BCUT2D eigenvalue weighted by Crippen LogP contribution is 2.27. The predicted octanol–water partition coefficient (Wildman–Crippen LogP) is 4.67. The van der Waals surface area contributed by atoms with Crippen molar-refractivity contribution in [2.24, 2.45) is 0 Å². The fourth-order valence-corrected chi connectivity index (χ4v) is 2.48. The van der Waals surface area contributed by atoms with Crippen molar-refractivity contribution in [2.75, 3.05) is 12.4 Å². The number of hydrogen-bond acceptors (Lipinski definition) is 2. The predicted molar refractivity (Wildman–Crippen MR) is 87.2 cm³/mol. The molecular weight excluding hydrogens is 405 g/mol. The summed E-state index contributed by atoms with van der Waals surface area (Å²) in [5.74, 6) is 0.842. The number of ether oxygens (including phenoxy) is 1. The highest BCUT2D eigenvalue weighted by Gasteiger charge is 2.01. The lowest BCUT2D eigenvalue weighted by Gasteiger charge is -2.09. The van der Waals surface area contributed by atoms with E-state index in [0.717, 1.165) is 22.5 Å². The number of halogens is 2. The SMILES string of the molecule is COc1ccc(NCc2ccc(I)cc2)cc1Br. The van der Waals surface area contributed by atoms with E-state index in [9.17, 15) is 0 Å². The van der Waals surface area contributed by atoms with Crippen LogP contribution in [0.1, 0.15) is 5.56 Å². The Kier molecular flexibility index (Phi) is 4.88. The lowest BCUT2D eigenvalue weighted by atomic mass is 10.2. The van der Waals surface area contributed by atoms with Gasteiger partial charge in [-0.1, -0.05) is 12.1 Å². The number of rotatable bonds is 4. The van der Waals surface area contributed by atoms with Crippen molar-refractivity contribution < 1.29 is 4.74 Å².